The van der Waals surface area contributed by atoms with Gasteiger partial charge in [0.1, 0.15) is 5.78 Å². The molecule has 0 spiro atoms. The molecule has 0 aliphatic rings. The quantitative estimate of drug-likeness (QED) is 0.567. The van der Waals surface area contributed by atoms with E-state index in [-0.39, 0.29) is 11.6 Å². The second kappa shape index (κ2) is 5.71. The first-order valence-electron chi connectivity index (χ1n) is 4.83. The Morgan fingerprint density at radius 1 is 1.20 bits per heavy atom. The molecule has 0 aromatic heterocycles. The fraction of sp³-hybridized carbons (Fsp3) is 0.333. The van der Waals surface area contributed by atoms with Crippen molar-refractivity contribution < 1.29 is 9.59 Å². The van der Waals surface area contributed by atoms with Gasteiger partial charge in [-0.1, -0.05) is 18.2 Å². The Morgan fingerprint density at radius 2 is 1.87 bits per heavy atom. The Morgan fingerprint density at radius 3 is 2.47 bits per heavy atom. The monoisotopic (exact) mass is 222 g/mol. The summed E-state index contributed by atoms with van der Waals surface area (Å²) in [4.78, 5) is 23.0. The van der Waals surface area contributed by atoms with Crippen LogP contribution in [0.1, 0.15) is 30.6 Å². The van der Waals surface area contributed by atoms with Gasteiger partial charge in [0, 0.05) is 22.6 Å². The smallest absolute Gasteiger partial charge is 0.160 e. The molecule has 0 saturated carbocycles. The fourth-order valence-corrected chi connectivity index (χ4v) is 2.34. The lowest BCUT2D eigenvalue weighted by Crippen LogP contribution is -1.96. The van der Waals surface area contributed by atoms with Crippen LogP contribution in [-0.2, 0) is 4.79 Å². The molecule has 0 amide bonds. The maximum Gasteiger partial charge on any atom is 0.160 e. The van der Waals surface area contributed by atoms with Gasteiger partial charge in [-0.3, -0.25) is 9.59 Å². The minimum Gasteiger partial charge on any atom is -0.300 e. The molecule has 0 radical (unpaired) electrons. The first-order valence-corrected chi connectivity index (χ1v) is 5.82. The lowest BCUT2D eigenvalue weighted by Gasteiger charge is -2.04. The zero-order chi connectivity index (χ0) is 11.3. The molecule has 2 nitrogen and oxygen atoms in total. The molecule has 0 bridgehead atoms. The second-order valence-corrected chi connectivity index (χ2v) is 4.49. The SMILES string of the molecule is CC(=O)CCSc1ccccc1C(C)=O. The van der Waals surface area contributed by atoms with E-state index in [2.05, 4.69) is 0 Å². The van der Waals surface area contributed by atoms with Crippen molar-refractivity contribution in [3.8, 4) is 0 Å². The van der Waals surface area contributed by atoms with Crippen molar-refractivity contribution >= 4 is 23.3 Å². The maximum absolute atomic E-state index is 11.3. The molecule has 80 valence electrons. The zero-order valence-corrected chi connectivity index (χ0v) is 9.76. The average Bonchev–Trinajstić information content (AvgIpc) is 2.17. The summed E-state index contributed by atoms with van der Waals surface area (Å²) in [5.74, 6) is 0.989. The molecule has 3 heteroatoms. The van der Waals surface area contributed by atoms with E-state index < -0.39 is 0 Å². The highest BCUT2D eigenvalue weighted by atomic mass is 32.2. The van der Waals surface area contributed by atoms with Gasteiger partial charge < -0.3 is 0 Å². The van der Waals surface area contributed by atoms with E-state index in [0.717, 1.165) is 16.2 Å². The van der Waals surface area contributed by atoms with Crippen LogP contribution in [-0.4, -0.2) is 17.3 Å². The van der Waals surface area contributed by atoms with Gasteiger partial charge >= 0.3 is 0 Å². The topological polar surface area (TPSA) is 34.1 Å². The number of hydrogen-bond acceptors (Lipinski definition) is 3. The Balaban J connectivity index is 2.67. The highest BCUT2D eigenvalue weighted by Crippen LogP contribution is 2.23. The number of thioether (sulfide) groups is 1. The predicted molar refractivity (Wildman–Crippen MR) is 62.5 cm³/mol. The summed E-state index contributed by atoms with van der Waals surface area (Å²) in [5, 5.41) is 0. The second-order valence-electron chi connectivity index (χ2n) is 3.35. The van der Waals surface area contributed by atoms with Gasteiger partial charge in [-0.25, -0.2) is 0 Å². The van der Waals surface area contributed by atoms with Gasteiger partial charge in [-0.05, 0) is 19.9 Å². The third kappa shape index (κ3) is 3.88. The summed E-state index contributed by atoms with van der Waals surface area (Å²) in [6.07, 6.45) is 0.552. The molecule has 0 atom stereocenters. The van der Waals surface area contributed by atoms with Crippen LogP contribution in [0.25, 0.3) is 0 Å². The van der Waals surface area contributed by atoms with Crippen LogP contribution in [0.4, 0.5) is 0 Å². The Kier molecular flexibility index (Phi) is 4.56. The van der Waals surface area contributed by atoms with Crippen molar-refractivity contribution in [1.82, 2.24) is 0 Å². The predicted octanol–water partition coefficient (Wildman–Crippen LogP) is 2.96. The normalized spacial score (nSPS) is 10.0. The van der Waals surface area contributed by atoms with Crippen LogP contribution in [0.2, 0.25) is 0 Å². The summed E-state index contributed by atoms with van der Waals surface area (Å²) >= 11 is 1.56. The van der Waals surface area contributed by atoms with E-state index in [9.17, 15) is 9.59 Å². The molecular formula is C12H14O2S. The standard InChI is InChI=1S/C12H14O2S/c1-9(13)7-8-15-12-6-4-3-5-11(12)10(2)14/h3-6H,7-8H2,1-2H3. The number of carbonyl (C=O) groups is 2. The lowest BCUT2D eigenvalue weighted by molar-refractivity contribution is -0.116. The van der Waals surface area contributed by atoms with Crippen LogP contribution in [0.5, 0.6) is 0 Å². The van der Waals surface area contributed by atoms with Gasteiger partial charge in [-0.2, -0.15) is 0 Å². The third-order valence-electron chi connectivity index (χ3n) is 1.98. The molecule has 1 aromatic carbocycles. The van der Waals surface area contributed by atoms with Crippen molar-refractivity contribution in [3.63, 3.8) is 0 Å². The van der Waals surface area contributed by atoms with Crippen molar-refractivity contribution in [1.29, 1.82) is 0 Å². The first kappa shape index (κ1) is 12.0. The summed E-state index contributed by atoms with van der Waals surface area (Å²) in [6.45, 7) is 3.14. The Labute approximate surface area is 94.1 Å². The highest BCUT2D eigenvalue weighted by molar-refractivity contribution is 7.99. The molecule has 1 aromatic rings. The molecule has 0 N–H and O–H groups in total. The number of hydrogen-bond donors (Lipinski definition) is 0. The number of ketones is 2. The van der Waals surface area contributed by atoms with E-state index in [1.807, 2.05) is 24.3 Å². The van der Waals surface area contributed by atoms with Crippen LogP contribution in [0.15, 0.2) is 29.2 Å². The lowest BCUT2D eigenvalue weighted by atomic mass is 10.1. The van der Waals surface area contributed by atoms with Gasteiger partial charge in [0.2, 0.25) is 0 Å². The number of rotatable bonds is 5. The van der Waals surface area contributed by atoms with Crippen LogP contribution < -0.4 is 0 Å². The van der Waals surface area contributed by atoms with Gasteiger partial charge in [0.15, 0.2) is 5.78 Å². The van der Waals surface area contributed by atoms with E-state index >= 15 is 0 Å². The summed E-state index contributed by atoms with van der Waals surface area (Å²) in [5.41, 5.74) is 0.742. The van der Waals surface area contributed by atoms with Crippen LogP contribution in [0, 0.1) is 0 Å². The van der Waals surface area contributed by atoms with E-state index in [1.165, 1.54) is 0 Å². The van der Waals surface area contributed by atoms with E-state index in [1.54, 1.807) is 25.6 Å². The van der Waals surface area contributed by atoms with Crippen molar-refractivity contribution in [3.05, 3.63) is 29.8 Å². The van der Waals surface area contributed by atoms with E-state index in [4.69, 9.17) is 0 Å². The summed E-state index contributed by atoms with van der Waals surface area (Å²) in [7, 11) is 0. The van der Waals surface area contributed by atoms with Gasteiger partial charge in [0.05, 0.1) is 0 Å². The minimum absolute atomic E-state index is 0.0703. The van der Waals surface area contributed by atoms with Crippen molar-refractivity contribution in [2.75, 3.05) is 5.75 Å². The third-order valence-corrected chi connectivity index (χ3v) is 3.05. The largest absolute Gasteiger partial charge is 0.300 e. The molecule has 1 rings (SSSR count). The summed E-state index contributed by atoms with van der Waals surface area (Å²) in [6, 6.07) is 7.49. The number of benzene rings is 1. The molecule has 0 fully saturated rings. The van der Waals surface area contributed by atoms with Crippen LogP contribution >= 0.6 is 11.8 Å². The molecular weight excluding hydrogens is 208 g/mol. The number of Topliss-reactive ketones (excluding diaryl/α,β-unsaturated/α-hetero) is 2. The van der Waals surface area contributed by atoms with Crippen LogP contribution in [0.3, 0.4) is 0 Å². The number of carbonyl (C=O) groups excluding carboxylic acids is 2. The minimum atomic E-state index is 0.0703. The molecule has 0 unspecified atom stereocenters. The average molecular weight is 222 g/mol. The van der Waals surface area contributed by atoms with Gasteiger partial charge in [0.25, 0.3) is 0 Å². The van der Waals surface area contributed by atoms with Crippen molar-refractivity contribution in [2.24, 2.45) is 0 Å². The fourth-order valence-electron chi connectivity index (χ4n) is 1.19. The first-order chi connectivity index (χ1) is 7.11. The Hall–Kier alpha value is -1.09. The van der Waals surface area contributed by atoms with Crippen molar-refractivity contribution in [2.45, 2.75) is 25.2 Å². The molecule has 0 aliphatic heterocycles. The molecule has 0 saturated heterocycles. The zero-order valence-electron chi connectivity index (χ0n) is 8.95. The molecule has 0 heterocycles. The summed E-state index contributed by atoms with van der Waals surface area (Å²) < 4.78 is 0. The molecule has 0 aliphatic carbocycles. The Bertz CT molecular complexity index is 372. The van der Waals surface area contributed by atoms with E-state index in [0.29, 0.717) is 6.42 Å². The highest BCUT2D eigenvalue weighted by Gasteiger charge is 2.06. The van der Waals surface area contributed by atoms with Gasteiger partial charge in [-0.15, -0.1) is 11.8 Å². The maximum atomic E-state index is 11.3. The molecule has 15 heavy (non-hydrogen) atoms.